The molecule has 5 rings (SSSR count). The van der Waals surface area contributed by atoms with Crippen LogP contribution >= 0.6 is 12.2 Å². The first-order valence-electron chi connectivity index (χ1n) is 12.0. The molecular weight excluding hydrogens is 536 g/mol. The number of aromatic nitrogens is 1. The summed E-state index contributed by atoms with van der Waals surface area (Å²) in [6.07, 6.45) is 2.84. The van der Waals surface area contributed by atoms with Crippen LogP contribution in [0.3, 0.4) is 0 Å². The first-order valence-corrected chi connectivity index (χ1v) is 14.3. The molecule has 1 saturated heterocycles. The number of nitrogens with one attached hydrogen (secondary N) is 2. The zero-order chi connectivity index (χ0) is 27.7. The van der Waals surface area contributed by atoms with Gasteiger partial charge in [-0.3, -0.25) is 9.71 Å². The molecule has 11 heteroatoms. The van der Waals surface area contributed by atoms with Crippen LogP contribution in [0.1, 0.15) is 39.5 Å². The lowest BCUT2D eigenvalue weighted by atomic mass is 10.0. The molecule has 0 radical (unpaired) electrons. The van der Waals surface area contributed by atoms with Gasteiger partial charge in [0.2, 0.25) is 10.0 Å². The van der Waals surface area contributed by atoms with Gasteiger partial charge < -0.3 is 19.4 Å². The van der Waals surface area contributed by atoms with Crippen LogP contribution in [-0.4, -0.2) is 37.8 Å². The van der Waals surface area contributed by atoms with Crippen molar-refractivity contribution in [2.45, 2.75) is 19.0 Å². The number of thiocarbonyl (C=S) groups is 1. The first kappa shape index (κ1) is 26.4. The summed E-state index contributed by atoms with van der Waals surface area (Å²) in [6, 6.07) is 21.2. The average molecular weight is 563 g/mol. The zero-order valence-corrected chi connectivity index (χ0v) is 23.0. The fourth-order valence-electron chi connectivity index (χ4n) is 4.59. The van der Waals surface area contributed by atoms with Gasteiger partial charge in [-0.15, -0.1) is 0 Å². The third-order valence-corrected chi connectivity index (χ3v) is 7.30. The normalized spacial score (nSPS) is 17.1. The van der Waals surface area contributed by atoms with Crippen molar-refractivity contribution >= 4 is 44.7 Å². The van der Waals surface area contributed by atoms with E-state index in [1.54, 1.807) is 36.5 Å². The lowest BCUT2D eigenvalue weighted by molar-refractivity contribution is 0.0600. The highest BCUT2D eigenvalue weighted by Gasteiger charge is 2.42. The van der Waals surface area contributed by atoms with Gasteiger partial charge in [-0.05, 0) is 79.3 Å². The number of pyridine rings is 1. The molecule has 200 valence electrons. The second kappa shape index (κ2) is 10.5. The topological polar surface area (TPSA) is 114 Å². The van der Waals surface area contributed by atoms with Gasteiger partial charge >= 0.3 is 5.97 Å². The molecule has 4 aromatic rings. The van der Waals surface area contributed by atoms with Crippen molar-refractivity contribution < 1.29 is 22.4 Å². The Kier molecular flexibility index (Phi) is 7.11. The van der Waals surface area contributed by atoms with Gasteiger partial charge in [0.15, 0.2) is 5.11 Å². The maximum atomic E-state index is 11.8. The van der Waals surface area contributed by atoms with Crippen molar-refractivity contribution in [3.05, 3.63) is 102 Å². The van der Waals surface area contributed by atoms with E-state index in [4.69, 9.17) is 21.4 Å². The van der Waals surface area contributed by atoms with Crippen LogP contribution < -0.4 is 14.9 Å². The molecule has 0 aliphatic carbocycles. The lowest BCUT2D eigenvalue weighted by Crippen LogP contribution is -2.29. The van der Waals surface area contributed by atoms with E-state index >= 15 is 0 Å². The first-order chi connectivity index (χ1) is 18.6. The largest absolute Gasteiger partial charge is 0.465 e. The predicted molar refractivity (Wildman–Crippen MR) is 153 cm³/mol. The summed E-state index contributed by atoms with van der Waals surface area (Å²) in [6.45, 7) is 1.83. The Morgan fingerprint density at radius 3 is 2.51 bits per heavy atom. The minimum Gasteiger partial charge on any atom is -0.465 e. The molecule has 0 saturated carbocycles. The number of furan rings is 1. The molecule has 39 heavy (non-hydrogen) atoms. The van der Waals surface area contributed by atoms with Crippen molar-refractivity contribution in [3.8, 4) is 11.3 Å². The van der Waals surface area contributed by atoms with Crippen LogP contribution in [0.15, 0.2) is 83.4 Å². The second-order valence-electron chi connectivity index (χ2n) is 9.14. The molecule has 0 bridgehead atoms. The van der Waals surface area contributed by atoms with E-state index in [2.05, 4.69) is 15.0 Å². The van der Waals surface area contributed by atoms with Crippen molar-refractivity contribution in [1.82, 2.24) is 10.3 Å². The summed E-state index contributed by atoms with van der Waals surface area (Å²) < 4.78 is 37.2. The van der Waals surface area contributed by atoms with Gasteiger partial charge in [-0.1, -0.05) is 18.2 Å². The Labute approximate surface area is 231 Å². The number of hydrogen-bond acceptors (Lipinski definition) is 7. The molecule has 0 amide bonds. The van der Waals surface area contributed by atoms with Crippen molar-refractivity contribution in [2.75, 3.05) is 23.0 Å². The number of rotatable bonds is 7. The second-order valence-corrected chi connectivity index (χ2v) is 11.3. The number of hydrogen-bond donors (Lipinski definition) is 2. The highest BCUT2D eigenvalue weighted by atomic mass is 32.2. The number of carbonyl (C=O) groups excluding carboxylic acids is 1. The third-order valence-electron chi connectivity index (χ3n) is 6.39. The van der Waals surface area contributed by atoms with Gasteiger partial charge in [-0.25, -0.2) is 13.2 Å². The van der Waals surface area contributed by atoms with Gasteiger partial charge in [0, 0.05) is 17.4 Å². The molecule has 1 aliphatic heterocycles. The van der Waals surface area contributed by atoms with Gasteiger partial charge in [0.1, 0.15) is 17.6 Å². The fourth-order valence-corrected chi connectivity index (χ4v) is 5.56. The number of anilines is 2. The van der Waals surface area contributed by atoms with Gasteiger partial charge in [0.05, 0.1) is 36.4 Å². The van der Waals surface area contributed by atoms with Crippen LogP contribution in [0.4, 0.5) is 11.4 Å². The van der Waals surface area contributed by atoms with Gasteiger partial charge in [0.25, 0.3) is 0 Å². The van der Waals surface area contributed by atoms with Crippen LogP contribution in [0.25, 0.3) is 11.3 Å². The molecule has 2 aromatic heterocycles. The zero-order valence-electron chi connectivity index (χ0n) is 21.4. The van der Waals surface area contributed by atoms with E-state index < -0.39 is 16.0 Å². The molecule has 1 fully saturated rings. The molecule has 0 unspecified atom stereocenters. The molecule has 2 N–H and O–H groups in total. The number of benzene rings is 2. The monoisotopic (exact) mass is 562 g/mol. The Balaban J connectivity index is 1.54. The van der Waals surface area contributed by atoms with E-state index in [1.807, 2.05) is 54.3 Å². The summed E-state index contributed by atoms with van der Waals surface area (Å²) in [5.41, 5.74) is 4.05. The van der Waals surface area contributed by atoms with E-state index in [-0.39, 0.29) is 12.1 Å². The molecule has 2 atom stereocenters. The van der Waals surface area contributed by atoms with Crippen LogP contribution in [0, 0.1) is 6.92 Å². The Hall–Kier alpha value is -4.22. The standard InChI is InChI=1S/C28H26N4O5S2/c1-17-16-20(11-12-21(17)31-39(3,34)35)32-26(25(30-28(32)38)22-6-4-5-15-29-22)24-14-13-23(37-24)18-7-9-19(10-8-18)27(33)36-2/h4-16,25-26,31H,1-3H3,(H,30,38)/t25-,26+/m0/s1. The molecular formula is C28H26N4O5S2. The average Bonchev–Trinajstić information content (AvgIpc) is 3.54. The minimum absolute atomic E-state index is 0.312. The van der Waals surface area contributed by atoms with Crippen molar-refractivity contribution in [3.63, 3.8) is 0 Å². The van der Waals surface area contributed by atoms with E-state index in [0.717, 1.165) is 28.8 Å². The summed E-state index contributed by atoms with van der Waals surface area (Å²) in [7, 11) is -2.08. The lowest BCUT2D eigenvalue weighted by Gasteiger charge is -2.26. The highest BCUT2D eigenvalue weighted by Crippen LogP contribution is 2.43. The molecule has 1 aliphatic rings. The third kappa shape index (κ3) is 5.50. The van der Waals surface area contributed by atoms with Crippen LogP contribution in [-0.2, 0) is 14.8 Å². The van der Waals surface area contributed by atoms with Crippen molar-refractivity contribution in [2.24, 2.45) is 0 Å². The molecule has 2 aromatic carbocycles. The summed E-state index contributed by atoms with van der Waals surface area (Å²) in [5.74, 6) is 0.873. The van der Waals surface area contributed by atoms with E-state index in [0.29, 0.717) is 27.9 Å². The fraction of sp³-hybridized carbons (Fsp3) is 0.179. The highest BCUT2D eigenvalue weighted by molar-refractivity contribution is 7.92. The minimum atomic E-state index is -3.42. The Bertz CT molecular complexity index is 1640. The summed E-state index contributed by atoms with van der Waals surface area (Å²) in [5, 5.41) is 3.87. The molecule has 3 heterocycles. The maximum Gasteiger partial charge on any atom is 0.337 e. The Morgan fingerprint density at radius 2 is 1.87 bits per heavy atom. The number of nitrogens with zero attached hydrogens (tertiary/aromatic N) is 2. The molecule has 9 nitrogen and oxygen atoms in total. The number of aryl methyl sites for hydroxylation is 1. The quantitative estimate of drug-likeness (QED) is 0.238. The molecule has 0 spiro atoms. The number of ether oxygens (including phenoxy) is 1. The number of esters is 1. The van der Waals surface area contributed by atoms with E-state index in [1.165, 1.54) is 7.11 Å². The Morgan fingerprint density at radius 1 is 1.10 bits per heavy atom. The number of carbonyl (C=O) groups is 1. The van der Waals surface area contributed by atoms with Crippen LogP contribution in [0.5, 0.6) is 0 Å². The smallest absolute Gasteiger partial charge is 0.337 e. The maximum absolute atomic E-state index is 11.8. The van der Waals surface area contributed by atoms with Crippen LogP contribution in [0.2, 0.25) is 0 Å². The number of methoxy groups -OCH3 is 1. The summed E-state index contributed by atoms with van der Waals surface area (Å²) in [4.78, 5) is 18.3. The van der Waals surface area contributed by atoms with Gasteiger partial charge in [-0.2, -0.15) is 0 Å². The SMILES string of the molecule is COC(=O)c1ccc(-c2ccc([C@@H]3[C@H](c4ccccn4)NC(=S)N3c3ccc(NS(C)(=O)=O)c(C)c3)o2)cc1. The number of sulfonamides is 1. The predicted octanol–water partition coefficient (Wildman–Crippen LogP) is 4.99. The summed E-state index contributed by atoms with van der Waals surface area (Å²) >= 11 is 5.78. The van der Waals surface area contributed by atoms with Crippen molar-refractivity contribution in [1.29, 1.82) is 0 Å². The van der Waals surface area contributed by atoms with E-state index in [9.17, 15) is 13.2 Å².